The number of thiol groups is 1. The van der Waals surface area contributed by atoms with E-state index in [1.807, 2.05) is 0 Å². The molecule has 0 spiro atoms. The van der Waals surface area contributed by atoms with Crippen LogP contribution in [0.3, 0.4) is 0 Å². The Kier molecular flexibility index (Phi) is 5.15. The number of aliphatic hydroxyl groups is 1. The zero-order valence-electron chi connectivity index (χ0n) is 10.6. The van der Waals surface area contributed by atoms with E-state index >= 15 is 0 Å². The van der Waals surface area contributed by atoms with Gasteiger partial charge in [0.1, 0.15) is 0 Å². The maximum absolute atomic E-state index is 9.21. The van der Waals surface area contributed by atoms with E-state index in [1.54, 1.807) is 0 Å². The highest BCUT2D eigenvalue weighted by molar-refractivity contribution is 7.80. The van der Waals surface area contributed by atoms with Crippen LogP contribution >= 0.6 is 12.6 Å². The quantitative estimate of drug-likeness (QED) is 0.710. The van der Waals surface area contributed by atoms with Crippen molar-refractivity contribution in [3.63, 3.8) is 0 Å². The molecule has 1 aliphatic carbocycles. The first-order valence-corrected chi connectivity index (χ1v) is 7.46. The summed E-state index contributed by atoms with van der Waals surface area (Å²) in [6, 6.07) is 0.710. The van der Waals surface area contributed by atoms with E-state index in [2.05, 4.69) is 17.5 Å². The Balaban J connectivity index is 1.93. The van der Waals surface area contributed by atoms with E-state index < -0.39 is 0 Å². The summed E-state index contributed by atoms with van der Waals surface area (Å²) in [5.74, 6) is 0.936. The first-order valence-electron chi connectivity index (χ1n) is 6.83. The summed E-state index contributed by atoms with van der Waals surface area (Å²) in [5, 5.41) is 9.21. The monoisotopic (exact) mass is 259 g/mol. The van der Waals surface area contributed by atoms with Gasteiger partial charge in [0, 0.05) is 32.3 Å². The molecule has 2 aliphatic rings. The Morgan fingerprint density at radius 3 is 2.47 bits per heavy atom. The number of hydrogen-bond acceptors (Lipinski definition) is 4. The Bertz CT molecular complexity index is 227. The van der Waals surface area contributed by atoms with Gasteiger partial charge in [-0.15, -0.1) is 0 Å². The molecule has 1 saturated carbocycles. The summed E-state index contributed by atoms with van der Waals surface area (Å²) < 4.78 is 5.47. The molecular formula is C13H25NO2S. The summed E-state index contributed by atoms with van der Waals surface area (Å²) in [7, 11) is 0. The molecule has 1 saturated heterocycles. The van der Waals surface area contributed by atoms with E-state index in [0.29, 0.717) is 11.5 Å². The minimum absolute atomic E-state index is 0.273. The lowest BCUT2D eigenvalue weighted by molar-refractivity contribution is -0.0122. The van der Waals surface area contributed by atoms with Gasteiger partial charge >= 0.3 is 0 Å². The number of aliphatic hydroxyl groups excluding tert-OH is 1. The molecule has 0 aromatic heterocycles. The van der Waals surface area contributed by atoms with Crippen molar-refractivity contribution >= 4 is 12.6 Å². The topological polar surface area (TPSA) is 32.7 Å². The van der Waals surface area contributed by atoms with Gasteiger partial charge < -0.3 is 9.84 Å². The van der Waals surface area contributed by atoms with Gasteiger partial charge in [-0.1, -0.05) is 6.42 Å². The normalized spacial score (nSPS) is 24.9. The van der Waals surface area contributed by atoms with Gasteiger partial charge in [-0.3, -0.25) is 4.90 Å². The lowest BCUT2D eigenvalue weighted by Crippen LogP contribution is -2.50. The van der Waals surface area contributed by atoms with Gasteiger partial charge in [0.2, 0.25) is 0 Å². The van der Waals surface area contributed by atoms with E-state index in [4.69, 9.17) is 4.74 Å². The Hall–Kier alpha value is 0.230. The van der Waals surface area contributed by atoms with Crippen LogP contribution in [0.5, 0.6) is 0 Å². The predicted octanol–water partition coefficient (Wildman–Crippen LogP) is 1.56. The highest BCUT2D eigenvalue weighted by Gasteiger charge is 2.36. The molecule has 1 N–H and O–H groups in total. The van der Waals surface area contributed by atoms with Crippen LogP contribution in [0, 0.1) is 5.41 Å². The van der Waals surface area contributed by atoms with E-state index in [0.717, 1.165) is 44.9 Å². The minimum atomic E-state index is 0.273. The van der Waals surface area contributed by atoms with Crippen LogP contribution in [0.1, 0.15) is 32.1 Å². The van der Waals surface area contributed by atoms with Crippen LogP contribution in [0.15, 0.2) is 0 Å². The third-order valence-corrected chi connectivity index (χ3v) is 5.08. The molecule has 0 aromatic carbocycles. The van der Waals surface area contributed by atoms with Gasteiger partial charge in [0.05, 0.1) is 6.61 Å². The minimum Gasteiger partial charge on any atom is -0.395 e. The van der Waals surface area contributed by atoms with Crippen molar-refractivity contribution in [3.8, 4) is 0 Å². The van der Waals surface area contributed by atoms with Crippen molar-refractivity contribution in [1.82, 2.24) is 4.90 Å². The molecule has 2 rings (SSSR count). The SMILES string of the molecule is OCCN(CC1(CS)CCOCC1)C1CCC1. The highest BCUT2D eigenvalue weighted by Crippen LogP contribution is 2.35. The zero-order chi connectivity index (χ0) is 12.1. The number of rotatable bonds is 6. The molecule has 0 amide bonds. The third kappa shape index (κ3) is 3.37. The fourth-order valence-electron chi connectivity index (χ4n) is 2.87. The molecule has 4 heteroatoms. The van der Waals surface area contributed by atoms with Crippen LogP contribution in [0.4, 0.5) is 0 Å². The van der Waals surface area contributed by atoms with Gasteiger partial charge in [-0.05, 0) is 36.9 Å². The van der Waals surface area contributed by atoms with Crippen molar-refractivity contribution in [2.45, 2.75) is 38.1 Å². The van der Waals surface area contributed by atoms with Crippen molar-refractivity contribution in [2.24, 2.45) is 5.41 Å². The molecule has 2 fully saturated rings. The number of hydrogen-bond donors (Lipinski definition) is 2. The predicted molar refractivity (Wildman–Crippen MR) is 72.6 cm³/mol. The summed E-state index contributed by atoms with van der Waals surface area (Å²) in [6.45, 7) is 3.93. The van der Waals surface area contributed by atoms with Crippen LogP contribution in [0.2, 0.25) is 0 Å². The molecule has 1 heterocycles. The smallest absolute Gasteiger partial charge is 0.0558 e. The molecule has 3 nitrogen and oxygen atoms in total. The molecule has 0 radical (unpaired) electrons. The summed E-state index contributed by atoms with van der Waals surface area (Å²) in [6.07, 6.45) is 6.19. The molecule has 0 bridgehead atoms. The maximum Gasteiger partial charge on any atom is 0.0558 e. The van der Waals surface area contributed by atoms with Gasteiger partial charge in [-0.25, -0.2) is 0 Å². The molecule has 100 valence electrons. The largest absolute Gasteiger partial charge is 0.395 e. The van der Waals surface area contributed by atoms with Crippen molar-refractivity contribution in [1.29, 1.82) is 0 Å². The molecule has 0 aromatic rings. The Morgan fingerprint density at radius 2 is 2.00 bits per heavy atom. The average molecular weight is 259 g/mol. The summed E-state index contributed by atoms with van der Waals surface area (Å²) in [4.78, 5) is 2.49. The van der Waals surface area contributed by atoms with Gasteiger partial charge in [0.25, 0.3) is 0 Å². The number of ether oxygens (including phenoxy) is 1. The first-order chi connectivity index (χ1) is 8.29. The van der Waals surface area contributed by atoms with Crippen LogP contribution in [0.25, 0.3) is 0 Å². The highest BCUT2D eigenvalue weighted by atomic mass is 32.1. The van der Waals surface area contributed by atoms with Crippen molar-refractivity contribution in [2.75, 3.05) is 38.7 Å². The standard InChI is InChI=1S/C13H25NO2S/c15-7-6-14(12-2-1-3-12)10-13(11-17)4-8-16-9-5-13/h12,15,17H,1-11H2. The maximum atomic E-state index is 9.21. The molecule has 0 atom stereocenters. The van der Waals surface area contributed by atoms with Gasteiger partial charge in [-0.2, -0.15) is 12.6 Å². The van der Waals surface area contributed by atoms with Crippen molar-refractivity contribution in [3.05, 3.63) is 0 Å². The van der Waals surface area contributed by atoms with Crippen LogP contribution in [-0.4, -0.2) is 54.7 Å². The molecule has 0 unspecified atom stereocenters. The summed E-state index contributed by atoms with van der Waals surface area (Å²) >= 11 is 4.56. The van der Waals surface area contributed by atoms with Crippen molar-refractivity contribution < 1.29 is 9.84 Å². The first kappa shape index (κ1) is 13.7. The zero-order valence-corrected chi connectivity index (χ0v) is 11.5. The van der Waals surface area contributed by atoms with E-state index in [-0.39, 0.29) is 6.61 Å². The third-order valence-electron chi connectivity index (χ3n) is 4.41. The average Bonchev–Trinajstić information content (AvgIpc) is 2.28. The molecular weight excluding hydrogens is 234 g/mol. The van der Waals surface area contributed by atoms with E-state index in [9.17, 15) is 5.11 Å². The fraction of sp³-hybridized carbons (Fsp3) is 1.00. The lowest BCUT2D eigenvalue weighted by atomic mass is 9.80. The van der Waals surface area contributed by atoms with Crippen LogP contribution in [-0.2, 0) is 4.74 Å². The fourth-order valence-corrected chi connectivity index (χ4v) is 3.29. The summed E-state index contributed by atoms with van der Waals surface area (Å²) in [5.41, 5.74) is 0.312. The second kappa shape index (κ2) is 6.41. The second-order valence-electron chi connectivity index (χ2n) is 5.55. The Morgan fingerprint density at radius 1 is 1.29 bits per heavy atom. The van der Waals surface area contributed by atoms with Crippen LogP contribution < -0.4 is 0 Å². The van der Waals surface area contributed by atoms with Gasteiger partial charge in [0.15, 0.2) is 0 Å². The van der Waals surface area contributed by atoms with E-state index in [1.165, 1.54) is 19.3 Å². The second-order valence-corrected chi connectivity index (χ2v) is 5.87. The lowest BCUT2D eigenvalue weighted by Gasteiger charge is -2.45. The molecule has 17 heavy (non-hydrogen) atoms. The Labute approximate surface area is 110 Å². The number of nitrogens with zero attached hydrogens (tertiary/aromatic N) is 1. The molecule has 1 aliphatic heterocycles.